The quantitative estimate of drug-likeness (QED) is 0.826. The van der Waals surface area contributed by atoms with Crippen LogP contribution in [0.4, 0.5) is 0 Å². The van der Waals surface area contributed by atoms with Gasteiger partial charge in [0, 0.05) is 32.6 Å². The standard InChI is InChI=1S/C19H26N2O3S/c22-19(14-17-13-15-6-7-16(17)12-15)20-8-10-21(11-9-20)25(23,24)18-4-2-1-3-5-18/h1-5,15-17H,6-14H2/t15-,16-,17+/m0/s1. The van der Waals surface area contributed by atoms with Gasteiger partial charge in [-0.15, -0.1) is 0 Å². The molecule has 1 heterocycles. The average molecular weight is 362 g/mol. The molecule has 2 bridgehead atoms. The molecule has 2 saturated carbocycles. The number of fused-ring (bicyclic) bond motifs is 2. The van der Waals surface area contributed by atoms with Gasteiger partial charge in [-0.2, -0.15) is 4.31 Å². The Kier molecular flexibility index (Phi) is 4.58. The average Bonchev–Trinajstić information content (AvgIpc) is 3.25. The number of hydrogen-bond donors (Lipinski definition) is 0. The molecule has 6 heteroatoms. The van der Waals surface area contributed by atoms with Crippen LogP contribution in [0.2, 0.25) is 0 Å². The minimum absolute atomic E-state index is 0.217. The minimum Gasteiger partial charge on any atom is -0.340 e. The Labute approximate surface area is 150 Å². The first-order valence-electron chi connectivity index (χ1n) is 9.37. The molecule has 3 fully saturated rings. The van der Waals surface area contributed by atoms with E-state index < -0.39 is 10.0 Å². The zero-order chi connectivity index (χ0) is 17.4. The van der Waals surface area contributed by atoms with Gasteiger partial charge in [0.1, 0.15) is 0 Å². The largest absolute Gasteiger partial charge is 0.340 e. The fourth-order valence-electron chi connectivity index (χ4n) is 4.90. The fourth-order valence-corrected chi connectivity index (χ4v) is 6.34. The molecule has 0 unspecified atom stereocenters. The summed E-state index contributed by atoms with van der Waals surface area (Å²) in [6.45, 7) is 1.79. The van der Waals surface area contributed by atoms with Crippen molar-refractivity contribution in [1.82, 2.24) is 9.21 Å². The summed E-state index contributed by atoms with van der Waals surface area (Å²) in [5.41, 5.74) is 0. The van der Waals surface area contributed by atoms with E-state index in [2.05, 4.69) is 0 Å². The lowest BCUT2D eigenvalue weighted by Gasteiger charge is -2.35. The number of carbonyl (C=O) groups excluding carboxylic acids is 1. The predicted molar refractivity (Wildman–Crippen MR) is 95.3 cm³/mol. The Hall–Kier alpha value is -1.40. The van der Waals surface area contributed by atoms with Crippen LogP contribution in [0, 0.1) is 17.8 Å². The molecule has 0 radical (unpaired) electrons. The van der Waals surface area contributed by atoms with Crippen LogP contribution < -0.4 is 0 Å². The zero-order valence-corrected chi connectivity index (χ0v) is 15.3. The van der Waals surface area contributed by atoms with Gasteiger partial charge in [-0.1, -0.05) is 24.6 Å². The number of nitrogens with zero attached hydrogens (tertiary/aromatic N) is 2. The highest BCUT2D eigenvalue weighted by atomic mass is 32.2. The lowest BCUT2D eigenvalue weighted by atomic mass is 9.86. The molecule has 4 rings (SSSR count). The van der Waals surface area contributed by atoms with Crippen molar-refractivity contribution in [2.24, 2.45) is 17.8 Å². The summed E-state index contributed by atoms with van der Waals surface area (Å²) >= 11 is 0. The second-order valence-corrected chi connectivity index (χ2v) is 9.67. The monoisotopic (exact) mass is 362 g/mol. The van der Waals surface area contributed by atoms with Crippen LogP contribution in [0.3, 0.4) is 0 Å². The number of rotatable bonds is 4. The SMILES string of the molecule is O=C(C[C@H]1C[C@H]2CC[C@H]1C2)N1CCN(S(=O)(=O)c2ccccc2)CC1. The van der Waals surface area contributed by atoms with Crippen molar-refractivity contribution >= 4 is 15.9 Å². The van der Waals surface area contributed by atoms with Gasteiger partial charge >= 0.3 is 0 Å². The van der Waals surface area contributed by atoms with Crippen LogP contribution in [0.25, 0.3) is 0 Å². The molecular weight excluding hydrogens is 336 g/mol. The van der Waals surface area contributed by atoms with E-state index in [4.69, 9.17) is 0 Å². The summed E-state index contributed by atoms with van der Waals surface area (Å²) in [5, 5.41) is 0. The fraction of sp³-hybridized carbons (Fsp3) is 0.632. The van der Waals surface area contributed by atoms with Crippen molar-refractivity contribution in [3.8, 4) is 0 Å². The number of amides is 1. The summed E-state index contributed by atoms with van der Waals surface area (Å²) in [6.07, 6.45) is 5.85. The Bertz CT molecular complexity index is 726. The van der Waals surface area contributed by atoms with Gasteiger partial charge in [0.2, 0.25) is 15.9 Å². The number of piperazine rings is 1. The van der Waals surface area contributed by atoms with E-state index in [9.17, 15) is 13.2 Å². The van der Waals surface area contributed by atoms with Crippen LogP contribution in [0.1, 0.15) is 32.1 Å². The number of benzene rings is 1. The maximum Gasteiger partial charge on any atom is 0.243 e. The summed E-state index contributed by atoms with van der Waals surface area (Å²) in [4.78, 5) is 14.8. The summed E-state index contributed by atoms with van der Waals surface area (Å²) in [6, 6.07) is 8.54. The van der Waals surface area contributed by atoms with Gasteiger partial charge in [-0.05, 0) is 49.1 Å². The molecular formula is C19H26N2O3S. The molecule has 0 N–H and O–H groups in total. The van der Waals surface area contributed by atoms with Crippen molar-refractivity contribution in [3.63, 3.8) is 0 Å². The third-order valence-electron chi connectivity index (χ3n) is 6.29. The van der Waals surface area contributed by atoms with Gasteiger partial charge < -0.3 is 4.90 Å². The van der Waals surface area contributed by atoms with E-state index in [0.29, 0.717) is 43.4 Å². The Morgan fingerprint density at radius 1 is 1.00 bits per heavy atom. The zero-order valence-electron chi connectivity index (χ0n) is 14.5. The second kappa shape index (κ2) is 6.72. The van der Waals surface area contributed by atoms with Gasteiger partial charge in [-0.3, -0.25) is 4.79 Å². The first kappa shape index (κ1) is 17.0. The summed E-state index contributed by atoms with van der Waals surface area (Å²) in [5.74, 6) is 2.40. The van der Waals surface area contributed by atoms with E-state index in [1.165, 1.54) is 30.0 Å². The van der Waals surface area contributed by atoms with Gasteiger partial charge in [0.05, 0.1) is 4.90 Å². The van der Waals surface area contributed by atoms with Crippen molar-refractivity contribution in [2.45, 2.75) is 37.0 Å². The molecule has 1 aromatic rings. The molecule has 1 amide bonds. The van der Waals surface area contributed by atoms with Crippen LogP contribution in [-0.2, 0) is 14.8 Å². The molecule has 5 nitrogen and oxygen atoms in total. The van der Waals surface area contributed by atoms with Crippen LogP contribution in [0.15, 0.2) is 35.2 Å². The topological polar surface area (TPSA) is 57.7 Å². The summed E-state index contributed by atoms with van der Waals surface area (Å²) in [7, 11) is -3.45. The molecule has 1 aromatic carbocycles. The van der Waals surface area contributed by atoms with Gasteiger partial charge in [0.15, 0.2) is 0 Å². The van der Waals surface area contributed by atoms with Crippen LogP contribution in [0.5, 0.6) is 0 Å². The molecule has 2 aliphatic carbocycles. The third-order valence-corrected chi connectivity index (χ3v) is 8.21. The maximum atomic E-state index is 12.7. The lowest BCUT2D eigenvalue weighted by molar-refractivity contribution is -0.133. The van der Waals surface area contributed by atoms with E-state index in [-0.39, 0.29) is 5.91 Å². The Morgan fingerprint density at radius 2 is 1.72 bits per heavy atom. The highest BCUT2D eigenvalue weighted by molar-refractivity contribution is 7.89. The van der Waals surface area contributed by atoms with E-state index in [1.54, 1.807) is 24.3 Å². The Balaban J connectivity index is 1.33. The number of carbonyl (C=O) groups is 1. The maximum absolute atomic E-state index is 12.7. The van der Waals surface area contributed by atoms with Crippen LogP contribution >= 0.6 is 0 Å². The molecule has 1 saturated heterocycles. The summed E-state index contributed by atoms with van der Waals surface area (Å²) < 4.78 is 26.8. The van der Waals surface area contributed by atoms with Gasteiger partial charge in [-0.25, -0.2) is 8.42 Å². The molecule has 3 aliphatic rings. The Morgan fingerprint density at radius 3 is 2.32 bits per heavy atom. The molecule has 3 atom stereocenters. The third kappa shape index (κ3) is 3.34. The second-order valence-electron chi connectivity index (χ2n) is 7.74. The first-order chi connectivity index (χ1) is 12.0. The van der Waals surface area contributed by atoms with Gasteiger partial charge in [0.25, 0.3) is 0 Å². The smallest absolute Gasteiger partial charge is 0.243 e. The van der Waals surface area contributed by atoms with E-state index in [1.807, 2.05) is 11.0 Å². The molecule has 0 spiro atoms. The van der Waals surface area contributed by atoms with Crippen molar-refractivity contribution in [1.29, 1.82) is 0 Å². The predicted octanol–water partition coefficient (Wildman–Crippen LogP) is 2.35. The number of hydrogen-bond acceptors (Lipinski definition) is 3. The van der Waals surface area contributed by atoms with Crippen molar-refractivity contribution < 1.29 is 13.2 Å². The molecule has 25 heavy (non-hydrogen) atoms. The highest BCUT2D eigenvalue weighted by Gasteiger charge is 2.41. The van der Waals surface area contributed by atoms with Crippen molar-refractivity contribution in [2.75, 3.05) is 26.2 Å². The number of sulfonamides is 1. The highest BCUT2D eigenvalue weighted by Crippen LogP contribution is 2.49. The van der Waals surface area contributed by atoms with Crippen LogP contribution in [-0.4, -0.2) is 49.7 Å². The molecule has 1 aliphatic heterocycles. The molecule has 136 valence electrons. The van der Waals surface area contributed by atoms with E-state index in [0.717, 1.165) is 11.8 Å². The first-order valence-corrected chi connectivity index (χ1v) is 10.8. The van der Waals surface area contributed by atoms with Crippen molar-refractivity contribution in [3.05, 3.63) is 30.3 Å². The normalized spacial score (nSPS) is 29.9. The lowest BCUT2D eigenvalue weighted by Crippen LogP contribution is -2.50. The molecule has 0 aromatic heterocycles. The minimum atomic E-state index is -3.45. The van der Waals surface area contributed by atoms with E-state index >= 15 is 0 Å².